The van der Waals surface area contributed by atoms with Crippen LogP contribution in [0.15, 0.2) is 18.2 Å². The average Bonchev–Trinajstić information content (AvgIpc) is 2.40. The van der Waals surface area contributed by atoms with E-state index in [9.17, 15) is 5.11 Å². The lowest BCUT2D eigenvalue weighted by atomic mass is 9.89. The maximum absolute atomic E-state index is 9.91. The molecule has 0 radical (unpaired) electrons. The van der Waals surface area contributed by atoms with Crippen molar-refractivity contribution in [2.45, 2.75) is 38.0 Å². The van der Waals surface area contributed by atoms with E-state index < -0.39 is 6.10 Å². The van der Waals surface area contributed by atoms with E-state index in [0.717, 1.165) is 19.4 Å². The highest BCUT2D eigenvalue weighted by Crippen LogP contribution is 2.27. The number of hydrogen-bond donors (Lipinski definition) is 2. The Morgan fingerprint density at radius 2 is 2.14 bits per heavy atom. The summed E-state index contributed by atoms with van der Waals surface area (Å²) in [7, 11) is 0. The van der Waals surface area contributed by atoms with Crippen LogP contribution in [0.5, 0.6) is 5.75 Å². The number of aliphatic hydroxyl groups is 1. The average molecular weight is 334 g/mol. The summed E-state index contributed by atoms with van der Waals surface area (Å²) >= 11 is 11.8. The summed E-state index contributed by atoms with van der Waals surface area (Å²) in [6, 6.07) is 5.44. The molecule has 1 atom stereocenters. The highest BCUT2D eigenvalue weighted by atomic mass is 35.5. The van der Waals surface area contributed by atoms with Gasteiger partial charge < -0.3 is 19.9 Å². The normalized spacial score (nSPS) is 22.7. The van der Waals surface area contributed by atoms with E-state index in [-0.39, 0.29) is 6.61 Å². The first-order valence-corrected chi connectivity index (χ1v) is 7.95. The number of rotatable bonds is 8. The van der Waals surface area contributed by atoms with Crippen molar-refractivity contribution >= 4 is 23.2 Å². The molecule has 1 saturated carbocycles. The van der Waals surface area contributed by atoms with Crippen molar-refractivity contribution in [3.8, 4) is 5.75 Å². The number of aliphatic hydroxyl groups excluding tert-OH is 1. The Bertz CT molecular complexity index is 453. The Kier molecular flexibility index (Phi) is 6.58. The summed E-state index contributed by atoms with van der Waals surface area (Å²) in [6.07, 6.45) is 1.80. The van der Waals surface area contributed by atoms with Crippen LogP contribution in [-0.4, -0.2) is 43.1 Å². The van der Waals surface area contributed by atoms with Gasteiger partial charge >= 0.3 is 0 Å². The predicted octanol–water partition coefficient (Wildman–Crippen LogP) is 2.89. The van der Waals surface area contributed by atoms with Gasteiger partial charge in [0, 0.05) is 24.2 Å². The molecule has 1 unspecified atom stereocenters. The van der Waals surface area contributed by atoms with E-state index in [1.54, 1.807) is 18.2 Å². The van der Waals surface area contributed by atoms with Crippen LogP contribution in [0.3, 0.4) is 0 Å². The number of nitrogens with one attached hydrogen (secondary N) is 1. The summed E-state index contributed by atoms with van der Waals surface area (Å²) in [6.45, 7) is 3.45. The van der Waals surface area contributed by atoms with Gasteiger partial charge in [-0.05, 0) is 38.0 Å². The molecule has 1 aliphatic rings. The van der Waals surface area contributed by atoms with Crippen LogP contribution in [-0.2, 0) is 4.74 Å². The van der Waals surface area contributed by atoms with Gasteiger partial charge in [0.1, 0.15) is 18.5 Å². The second kappa shape index (κ2) is 8.20. The van der Waals surface area contributed by atoms with E-state index in [1.807, 2.05) is 6.92 Å². The summed E-state index contributed by atoms with van der Waals surface area (Å²) < 4.78 is 11.0. The molecule has 1 aliphatic carbocycles. The summed E-state index contributed by atoms with van der Waals surface area (Å²) in [5.41, 5.74) is 0. The molecule has 0 saturated heterocycles. The Balaban J connectivity index is 1.63. The predicted molar refractivity (Wildman–Crippen MR) is 84.4 cm³/mol. The Morgan fingerprint density at radius 3 is 2.81 bits per heavy atom. The topological polar surface area (TPSA) is 50.7 Å². The lowest BCUT2D eigenvalue weighted by Gasteiger charge is -2.36. The standard InChI is InChI=1S/C15H21Cl2NO3/c1-2-20-13-6-11(7-13)18-8-12(19)9-21-15-4-3-10(16)5-14(15)17/h3-5,11-13,18-19H,2,6-9H2,1H3. The fourth-order valence-electron chi connectivity index (χ4n) is 2.24. The van der Waals surface area contributed by atoms with Crippen molar-refractivity contribution in [1.29, 1.82) is 0 Å². The molecular weight excluding hydrogens is 313 g/mol. The molecule has 1 fully saturated rings. The van der Waals surface area contributed by atoms with Crippen molar-refractivity contribution in [2.24, 2.45) is 0 Å². The maximum atomic E-state index is 9.91. The van der Waals surface area contributed by atoms with Gasteiger partial charge in [-0.3, -0.25) is 0 Å². The molecular formula is C15H21Cl2NO3. The highest BCUT2D eigenvalue weighted by Gasteiger charge is 2.29. The molecule has 2 N–H and O–H groups in total. The second-order valence-corrected chi connectivity index (χ2v) is 6.04. The molecule has 4 nitrogen and oxygen atoms in total. The Hall–Kier alpha value is -0.520. The van der Waals surface area contributed by atoms with Gasteiger partial charge in [-0.25, -0.2) is 0 Å². The van der Waals surface area contributed by atoms with Crippen LogP contribution < -0.4 is 10.1 Å². The van der Waals surface area contributed by atoms with Gasteiger partial charge in [0.2, 0.25) is 0 Å². The molecule has 0 bridgehead atoms. The van der Waals surface area contributed by atoms with Crippen LogP contribution in [0.4, 0.5) is 0 Å². The van der Waals surface area contributed by atoms with E-state index in [0.29, 0.717) is 34.5 Å². The third-order valence-corrected chi connectivity index (χ3v) is 3.99. The summed E-state index contributed by atoms with van der Waals surface area (Å²) in [5, 5.41) is 14.2. The van der Waals surface area contributed by atoms with Gasteiger partial charge in [-0.1, -0.05) is 23.2 Å². The van der Waals surface area contributed by atoms with Crippen LogP contribution >= 0.6 is 23.2 Å². The van der Waals surface area contributed by atoms with Crippen molar-refractivity contribution in [1.82, 2.24) is 5.32 Å². The van der Waals surface area contributed by atoms with E-state index in [4.69, 9.17) is 32.7 Å². The van der Waals surface area contributed by atoms with Crippen LogP contribution in [0.25, 0.3) is 0 Å². The molecule has 6 heteroatoms. The minimum absolute atomic E-state index is 0.190. The molecule has 0 heterocycles. The first-order chi connectivity index (χ1) is 10.1. The first-order valence-electron chi connectivity index (χ1n) is 7.19. The third kappa shape index (κ3) is 5.31. The quantitative estimate of drug-likeness (QED) is 0.768. The molecule has 0 aromatic heterocycles. The van der Waals surface area contributed by atoms with Crippen molar-refractivity contribution in [2.75, 3.05) is 19.8 Å². The molecule has 21 heavy (non-hydrogen) atoms. The second-order valence-electron chi connectivity index (χ2n) is 5.19. The molecule has 2 rings (SSSR count). The number of halogens is 2. The minimum atomic E-state index is -0.581. The van der Waals surface area contributed by atoms with Crippen molar-refractivity contribution in [3.05, 3.63) is 28.2 Å². The van der Waals surface area contributed by atoms with Crippen LogP contribution in [0.2, 0.25) is 10.0 Å². The number of ether oxygens (including phenoxy) is 2. The van der Waals surface area contributed by atoms with Crippen LogP contribution in [0, 0.1) is 0 Å². The lowest BCUT2D eigenvalue weighted by Crippen LogP contribution is -2.48. The smallest absolute Gasteiger partial charge is 0.138 e. The Morgan fingerprint density at radius 1 is 1.38 bits per heavy atom. The fraction of sp³-hybridized carbons (Fsp3) is 0.600. The lowest BCUT2D eigenvalue weighted by molar-refractivity contribution is -0.0134. The van der Waals surface area contributed by atoms with Crippen LogP contribution in [0.1, 0.15) is 19.8 Å². The maximum Gasteiger partial charge on any atom is 0.138 e. The largest absolute Gasteiger partial charge is 0.489 e. The summed E-state index contributed by atoms with van der Waals surface area (Å²) in [4.78, 5) is 0. The van der Waals surface area contributed by atoms with Crippen molar-refractivity contribution < 1.29 is 14.6 Å². The zero-order chi connectivity index (χ0) is 15.2. The molecule has 1 aromatic carbocycles. The zero-order valence-electron chi connectivity index (χ0n) is 12.0. The number of hydrogen-bond acceptors (Lipinski definition) is 4. The molecule has 0 aliphatic heterocycles. The van der Waals surface area contributed by atoms with E-state index >= 15 is 0 Å². The van der Waals surface area contributed by atoms with Crippen molar-refractivity contribution in [3.63, 3.8) is 0 Å². The third-order valence-electron chi connectivity index (χ3n) is 3.46. The SMILES string of the molecule is CCOC1CC(NCC(O)COc2ccc(Cl)cc2Cl)C1. The van der Waals surface area contributed by atoms with Gasteiger partial charge in [0.05, 0.1) is 11.1 Å². The van der Waals surface area contributed by atoms with E-state index in [2.05, 4.69) is 5.32 Å². The molecule has 0 spiro atoms. The molecule has 1 aromatic rings. The minimum Gasteiger partial charge on any atom is -0.489 e. The molecule has 118 valence electrons. The van der Waals surface area contributed by atoms with Gasteiger partial charge in [0.25, 0.3) is 0 Å². The van der Waals surface area contributed by atoms with Gasteiger partial charge in [-0.2, -0.15) is 0 Å². The Labute approximate surface area is 135 Å². The fourth-order valence-corrected chi connectivity index (χ4v) is 2.71. The van der Waals surface area contributed by atoms with Gasteiger partial charge in [-0.15, -0.1) is 0 Å². The monoisotopic (exact) mass is 333 g/mol. The summed E-state index contributed by atoms with van der Waals surface area (Å²) in [5.74, 6) is 0.528. The van der Waals surface area contributed by atoms with E-state index in [1.165, 1.54) is 0 Å². The first kappa shape index (κ1) is 16.8. The molecule has 0 amide bonds. The number of benzene rings is 1. The van der Waals surface area contributed by atoms with Gasteiger partial charge in [0.15, 0.2) is 0 Å². The zero-order valence-corrected chi connectivity index (χ0v) is 13.5. The highest BCUT2D eigenvalue weighted by molar-refractivity contribution is 6.35.